The topological polar surface area (TPSA) is 47.6 Å². The predicted molar refractivity (Wildman–Crippen MR) is 82.6 cm³/mol. The second-order valence-corrected chi connectivity index (χ2v) is 4.74. The van der Waals surface area contributed by atoms with Gasteiger partial charge in [-0.2, -0.15) is 0 Å². The van der Waals surface area contributed by atoms with Crippen LogP contribution >= 0.6 is 0 Å². The van der Waals surface area contributed by atoms with E-state index >= 15 is 0 Å². The first-order chi connectivity index (χ1) is 10.6. The molecule has 116 valence electrons. The molecule has 0 radical (unpaired) electrons. The Labute approximate surface area is 128 Å². The summed E-state index contributed by atoms with van der Waals surface area (Å²) in [6.45, 7) is 4.29. The van der Waals surface area contributed by atoms with Gasteiger partial charge in [-0.1, -0.05) is 12.1 Å². The van der Waals surface area contributed by atoms with Crippen LogP contribution in [-0.4, -0.2) is 12.7 Å². The summed E-state index contributed by atoms with van der Waals surface area (Å²) in [5.74, 6) is 0.408. The van der Waals surface area contributed by atoms with Crippen molar-refractivity contribution in [2.24, 2.45) is 0 Å². The highest BCUT2D eigenvalue weighted by Crippen LogP contribution is 2.22. The van der Waals surface area contributed by atoms with Crippen molar-refractivity contribution in [3.63, 3.8) is 0 Å². The van der Waals surface area contributed by atoms with E-state index in [-0.39, 0.29) is 5.82 Å². The van der Waals surface area contributed by atoms with Crippen LogP contribution in [0.1, 0.15) is 18.1 Å². The van der Waals surface area contributed by atoms with Crippen molar-refractivity contribution in [1.82, 2.24) is 0 Å². The van der Waals surface area contributed by atoms with Crippen LogP contribution in [0.5, 0.6) is 5.75 Å². The van der Waals surface area contributed by atoms with Crippen molar-refractivity contribution in [3.05, 3.63) is 59.4 Å². The number of ether oxygens (including phenoxy) is 2. The van der Waals surface area contributed by atoms with Crippen LogP contribution in [0.25, 0.3) is 0 Å². The zero-order valence-corrected chi connectivity index (χ0v) is 12.6. The molecular formula is C17H18FNO3. The third kappa shape index (κ3) is 4.48. The average molecular weight is 303 g/mol. The molecule has 1 N–H and O–H groups in total. The fourth-order valence-electron chi connectivity index (χ4n) is 1.89. The number of hydrogen-bond acceptors (Lipinski definition) is 3. The Kier molecular flexibility index (Phi) is 5.36. The first kappa shape index (κ1) is 15.8. The summed E-state index contributed by atoms with van der Waals surface area (Å²) >= 11 is 0. The summed E-state index contributed by atoms with van der Waals surface area (Å²) < 4.78 is 23.3. The molecule has 0 unspecified atom stereocenters. The number of rotatable bonds is 5. The van der Waals surface area contributed by atoms with Gasteiger partial charge in [-0.25, -0.2) is 9.18 Å². The maximum atomic E-state index is 12.8. The zero-order valence-electron chi connectivity index (χ0n) is 12.6. The van der Waals surface area contributed by atoms with Crippen LogP contribution in [-0.2, 0) is 11.3 Å². The Morgan fingerprint density at radius 1 is 1.18 bits per heavy atom. The molecule has 0 bridgehead atoms. The van der Waals surface area contributed by atoms with E-state index in [1.807, 2.05) is 13.0 Å². The number of aryl methyl sites for hydroxylation is 1. The highest BCUT2D eigenvalue weighted by molar-refractivity contribution is 5.85. The van der Waals surface area contributed by atoms with Crippen LogP contribution in [0.3, 0.4) is 0 Å². The lowest BCUT2D eigenvalue weighted by Crippen LogP contribution is -2.14. The normalized spacial score (nSPS) is 10.1. The third-order valence-electron chi connectivity index (χ3n) is 3.03. The first-order valence-corrected chi connectivity index (χ1v) is 7.00. The van der Waals surface area contributed by atoms with E-state index in [0.29, 0.717) is 24.7 Å². The maximum absolute atomic E-state index is 12.8. The first-order valence-electron chi connectivity index (χ1n) is 7.00. The molecule has 22 heavy (non-hydrogen) atoms. The minimum atomic E-state index is -0.481. The predicted octanol–water partition coefficient (Wildman–Crippen LogP) is 4.28. The number of carbonyl (C=O) groups excluding carboxylic acids is 1. The summed E-state index contributed by atoms with van der Waals surface area (Å²) in [5, 5.41) is 2.66. The lowest BCUT2D eigenvalue weighted by molar-refractivity contribution is 0.168. The molecule has 0 fully saturated rings. The summed E-state index contributed by atoms with van der Waals surface area (Å²) in [6, 6.07) is 11.5. The highest BCUT2D eigenvalue weighted by atomic mass is 19.1. The van der Waals surface area contributed by atoms with Crippen molar-refractivity contribution in [1.29, 1.82) is 0 Å². The standard InChI is InChI=1S/C17H18FNO3/c1-3-21-17(20)19-16-9-8-15(10-12(16)2)22-11-13-4-6-14(18)7-5-13/h4-10H,3,11H2,1-2H3,(H,19,20). The molecule has 0 aliphatic carbocycles. The van der Waals surface area contributed by atoms with Gasteiger partial charge in [0.25, 0.3) is 0 Å². The number of anilines is 1. The molecule has 0 aromatic heterocycles. The van der Waals surface area contributed by atoms with E-state index in [9.17, 15) is 9.18 Å². The van der Waals surface area contributed by atoms with E-state index in [0.717, 1.165) is 11.1 Å². The Balaban J connectivity index is 1.97. The van der Waals surface area contributed by atoms with Gasteiger partial charge >= 0.3 is 6.09 Å². The number of amides is 1. The molecular weight excluding hydrogens is 285 g/mol. The largest absolute Gasteiger partial charge is 0.489 e. The molecule has 0 heterocycles. The molecule has 0 saturated carbocycles. The van der Waals surface area contributed by atoms with Crippen LogP contribution in [0.4, 0.5) is 14.9 Å². The maximum Gasteiger partial charge on any atom is 0.411 e. The van der Waals surface area contributed by atoms with Crippen LogP contribution in [0.2, 0.25) is 0 Å². The quantitative estimate of drug-likeness (QED) is 0.896. The Hall–Kier alpha value is -2.56. The fraction of sp³-hybridized carbons (Fsp3) is 0.235. The van der Waals surface area contributed by atoms with Crippen LogP contribution in [0.15, 0.2) is 42.5 Å². The smallest absolute Gasteiger partial charge is 0.411 e. The second-order valence-electron chi connectivity index (χ2n) is 4.74. The van der Waals surface area contributed by atoms with E-state index in [4.69, 9.17) is 9.47 Å². The minimum Gasteiger partial charge on any atom is -0.489 e. The van der Waals surface area contributed by atoms with Gasteiger partial charge in [0.1, 0.15) is 18.2 Å². The molecule has 0 aliphatic rings. The van der Waals surface area contributed by atoms with E-state index in [1.165, 1.54) is 12.1 Å². The van der Waals surface area contributed by atoms with Crippen molar-refractivity contribution < 1.29 is 18.7 Å². The number of benzene rings is 2. The monoisotopic (exact) mass is 303 g/mol. The third-order valence-corrected chi connectivity index (χ3v) is 3.03. The number of halogens is 1. The lowest BCUT2D eigenvalue weighted by atomic mass is 10.2. The van der Waals surface area contributed by atoms with Crippen molar-refractivity contribution in [3.8, 4) is 5.75 Å². The number of carbonyl (C=O) groups is 1. The SMILES string of the molecule is CCOC(=O)Nc1ccc(OCc2ccc(F)cc2)cc1C. The van der Waals surface area contributed by atoms with Crippen molar-refractivity contribution in [2.45, 2.75) is 20.5 Å². The van der Waals surface area contributed by atoms with Gasteiger partial charge in [-0.3, -0.25) is 5.32 Å². The molecule has 0 atom stereocenters. The van der Waals surface area contributed by atoms with Gasteiger partial charge in [0.15, 0.2) is 0 Å². The van der Waals surface area contributed by atoms with Gasteiger partial charge in [0.05, 0.1) is 6.61 Å². The fourth-order valence-corrected chi connectivity index (χ4v) is 1.89. The van der Waals surface area contributed by atoms with Gasteiger partial charge < -0.3 is 9.47 Å². The highest BCUT2D eigenvalue weighted by Gasteiger charge is 2.06. The molecule has 0 saturated heterocycles. The van der Waals surface area contributed by atoms with Crippen LogP contribution in [0, 0.1) is 12.7 Å². The van der Waals surface area contributed by atoms with Crippen molar-refractivity contribution in [2.75, 3.05) is 11.9 Å². The number of hydrogen-bond donors (Lipinski definition) is 1. The van der Waals surface area contributed by atoms with Crippen molar-refractivity contribution >= 4 is 11.8 Å². The van der Waals surface area contributed by atoms with Gasteiger partial charge in [-0.15, -0.1) is 0 Å². The van der Waals surface area contributed by atoms with E-state index < -0.39 is 6.09 Å². The molecule has 5 heteroatoms. The summed E-state index contributed by atoms with van der Waals surface area (Å²) in [4.78, 5) is 11.4. The van der Waals surface area contributed by atoms with Gasteiger partial charge in [0, 0.05) is 5.69 Å². The molecule has 4 nitrogen and oxygen atoms in total. The summed E-state index contributed by atoms with van der Waals surface area (Å²) in [7, 11) is 0. The molecule has 2 aromatic carbocycles. The molecule has 0 aliphatic heterocycles. The average Bonchev–Trinajstić information content (AvgIpc) is 2.49. The van der Waals surface area contributed by atoms with E-state index in [2.05, 4.69) is 5.32 Å². The Morgan fingerprint density at radius 3 is 2.55 bits per heavy atom. The van der Waals surface area contributed by atoms with Crippen LogP contribution < -0.4 is 10.1 Å². The molecule has 2 rings (SSSR count). The molecule has 2 aromatic rings. The summed E-state index contributed by atoms with van der Waals surface area (Å²) in [5.41, 5.74) is 2.42. The summed E-state index contributed by atoms with van der Waals surface area (Å²) in [6.07, 6.45) is -0.481. The molecule has 1 amide bonds. The number of nitrogens with one attached hydrogen (secondary N) is 1. The Morgan fingerprint density at radius 2 is 1.91 bits per heavy atom. The van der Waals surface area contributed by atoms with E-state index in [1.54, 1.807) is 31.2 Å². The molecule has 0 spiro atoms. The minimum absolute atomic E-state index is 0.269. The van der Waals surface area contributed by atoms with Gasteiger partial charge in [0.2, 0.25) is 0 Å². The zero-order chi connectivity index (χ0) is 15.9. The van der Waals surface area contributed by atoms with Gasteiger partial charge in [-0.05, 0) is 55.3 Å². The Bertz CT molecular complexity index is 641. The lowest BCUT2D eigenvalue weighted by Gasteiger charge is -2.11. The second kappa shape index (κ2) is 7.45.